The van der Waals surface area contributed by atoms with E-state index < -0.39 is 18.2 Å². The highest BCUT2D eigenvalue weighted by Gasteiger charge is 2.43. The van der Waals surface area contributed by atoms with Crippen molar-refractivity contribution in [2.75, 3.05) is 13.1 Å². The Hall–Kier alpha value is -0.290. The number of aliphatic hydroxyl groups excluding tert-OH is 1. The summed E-state index contributed by atoms with van der Waals surface area (Å²) in [5.74, 6) is -0.668. The van der Waals surface area contributed by atoms with E-state index in [1.807, 2.05) is 0 Å². The second-order valence-corrected chi connectivity index (χ2v) is 3.09. The molecule has 0 aromatic rings. The standard InChI is InChI=1S/C7H12F3NO/c8-7(9,10)6(12)5-2-1-3-11-4-5/h5-6,11-12H,1-4H2/t5-,6+/m1/s1. The number of aliphatic hydroxyl groups is 1. The smallest absolute Gasteiger partial charge is 0.383 e. The molecule has 1 saturated heterocycles. The maximum absolute atomic E-state index is 12.0. The minimum atomic E-state index is -4.47. The van der Waals surface area contributed by atoms with Crippen LogP contribution >= 0.6 is 0 Å². The summed E-state index contributed by atoms with van der Waals surface area (Å²) in [6, 6.07) is 0. The fourth-order valence-electron chi connectivity index (χ4n) is 1.42. The van der Waals surface area contributed by atoms with E-state index in [4.69, 9.17) is 5.11 Å². The second kappa shape index (κ2) is 3.62. The van der Waals surface area contributed by atoms with Gasteiger partial charge in [-0.3, -0.25) is 0 Å². The van der Waals surface area contributed by atoms with E-state index in [0.29, 0.717) is 12.8 Å². The van der Waals surface area contributed by atoms with Crippen LogP contribution < -0.4 is 5.32 Å². The van der Waals surface area contributed by atoms with Crippen molar-refractivity contribution in [3.8, 4) is 0 Å². The molecule has 1 rings (SSSR count). The van der Waals surface area contributed by atoms with Gasteiger partial charge in [0.15, 0.2) is 6.10 Å². The predicted molar refractivity (Wildman–Crippen MR) is 37.7 cm³/mol. The molecule has 1 heterocycles. The molecular weight excluding hydrogens is 171 g/mol. The van der Waals surface area contributed by atoms with E-state index in [1.165, 1.54) is 0 Å². The molecule has 0 bridgehead atoms. The maximum Gasteiger partial charge on any atom is 0.414 e. The van der Waals surface area contributed by atoms with Crippen molar-refractivity contribution in [2.45, 2.75) is 25.1 Å². The molecule has 0 aliphatic carbocycles. The first-order chi connectivity index (χ1) is 5.52. The van der Waals surface area contributed by atoms with E-state index in [9.17, 15) is 13.2 Å². The molecule has 2 atom stereocenters. The molecular formula is C7H12F3NO. The zero-order valence-corrected chi connectivity index (χ0v) is 6.56. The average molecular weight is 183 g/mol. The van der Waals surface area contributed by atoms with Gasteiger partial charge >= 0.3 is 6.18 Å². The van der Waals surface area contributed by atoms with Gasteiger partial charge in [0.25, 0.3) is 0 Å². The number of hydrogen-bond acceptors (Lipinski definition) is 2. The minimum absolute atomic E-state index is 0.265. The summed E-state index contributed by atoms with van der Waals surface area (Å²) in [5, 5.41) is 11.7. The van der Waals surface area contributed by atoms with Crippen LogP contribution in [0.25, 0.3) is 0 Å². The summed E-state index contributed by atoms with van der Waals surface area (Å²) in [7, 11) is 0. The molecule has 12 heavy (non-hydrogen) atoms. The lowest BCUT2D eigenvalue weighted by Gasteiger charge is -2.28. The second-order valence-electron chi connectivity index (χ2n) is 3.09. The lowest BCUT2D eigenvalue weighted by atomic mass is 9.93. The van der Waals surface area contributed by atoms with Crippen LogP contribution in [0.15, 0.2) is 0 Å². The monoisotopic (exact) mass is 183 g/mol. The Balaban J connectivity index is 2.45. The summed E-state index contributed by atoms with van der Waals surface area (Å²) < 4.78 is 35.9. The topological polar surface area (TPSA) is 32.3 Å². The molecule has 0 radical (unpaired) electrons. The van der Waals surface area contributed by atoms with Gasteiger partial charge in [-0.2, -0.15) is 13.2 Å². The summed E-state index contributed by atoms with van der Waals surface area (Å²) in [6.07, 6.45) is -5.47. The van der Waals surface area contributed by atoms with Gasteiger partial charge in [0, 0.05) is 12.5 Å². The van der Waals surface area contributed by atoms with Gasteiger partial charge in [0.1, 0.15) is 0 Å². The van der Waals surface area contributed by atoms with Crippen LogP contribution in [-0.2, 0) is 0 Å². The average Bonchev–Trinajstić information content (AvgIpc) is 2.03. The lowest BCUT2D eigenvalue weighted by molar-refractivity contribution is -0.220. The van der Waals surface area contributed by atoms with Gasteiger partial charge in [-0.25, -0.2) is 0 Å². The highest BCUT2D eigenvalue weighted by atomic mass is 19.4. The summed E-state index contributed by atoms with van der Waals surface area (Å²) in [4.78, 5) is 0. The molecule has 2 N–H and O–H groups in total. The minimum Gasteiger partial charge on any atom is -0.383 e. The first-order valence-electron chi connectivity index (χ1n) is 3.97. The Morgan fingerprint density at radius 2 is 2.08 bits per heavy atom. The van der Waals surface area contributed by atoms with Gasteiger partial charge in [-0.15, -0.1) is 0 Å². The third-order valence-electron chi connectivity index (χ3n) is 2.12. The third-order valence-corrected chi connectivity index (χ3v) is 2.12. The lowest BCUT2D eigenvalue weighted by Crippen LogP contribution is -2.43. The van der Waals surface area contributed by atoms with Gasteiger partial charge < -0.3 is 10.4 Å². The number of alkyl halides is 3. The van der Waals surface area contributed by atoms with E-state index in [-0.39, 0.29) is 6.54 Å². The van der Waals surface area contributed by atoms with Crippen molar-refractivity contribution < 1.29 is 18.3 Å². The summed E-state index contributed by atoms with van der Waals surface area (Å²) >= 11 is 0. The molecule has 0 saturated carbocycles. The van der Waals surface area contributed by atoms with E-state index in [0.717, 1.165) is 6.54 Å². The van der Waals surface area contributed by atoms with Crippen molar-refractivity contribution in [1.29, 1.82) is 0 Å². The molecule has 72 valence electrons. The SMILES string of the molecule is O[C@@H]([C@@H]1CCCNC1)C(F)(F)F. The molecule has 5 heteroatoms. The Kier molecular flexibility index (Phi) is 2.95. The quantitative estimate of drug-likeness (QED) is 0.633. The Morgan fingerprint density at radius 1 is 1.42 bits per heavy atom. The molecule has 0 aromatic heterocycles. The first-order valence-corrected chi connectivity index (χ1v) is 3.97. The Labute approximate surface area is 68.8 Å². The molecule has 0 spiro atoms. The molecule has 1 aliphatic rings. The molecule has 0 aromatic carbocycles. The molecule has 2 nitrogen and oxygen atoms in total. The molecule has 1 fully saturated rings. The summed E-state index contributed by atoms with van der Waals surface area (Å²) in [5.41, 5.74) is 0. The highest BCUT2D eigenvalue weighted by molar-refractivity contribution is 4.80. The van der Waals surface area contributed by atoms with Gasteiger partial charge in [-0.1, -0.05) is 0 Å². The van der Waals surface area contributed by atoms with Crippen LogP contribution in [0, 0.1) is 5.92 Å². The molecule has 0 amide bonds. The van der Waals surface area contributed by atoms with E-state index >= 15 is 0 Å². The Bertz CT molecular complexity index is 142. The van der Waals surface area contributed by atoms with Crippen LogP contribution in [0.5, 0.6) is 0 Å². The normalized spacial score (nSPS) is 28.5. The van der Waals surface area contributed by atoms with Crippen molar-refractivity contribution in [3.63, 3.8) is 0 Å². The fourth-order valence-corrected chi connectivity index (χ4v) is 1.42. The zero-order valence-electron chi connectivity index (χ0n) is 6.56. The number of hydrogen-bond donors (Lipinski definition) is 2. The largest absolute Gasteiger partial charge is 0.414 e. The first kappa shape index (κ1) is 9.80. The van der Waals surface area contributed by atoms with Crippen LogP contribution in [0.1, 0.15) is 12.8 Å². The van der Waals surface area contributed by atoms with Gasteiger partial charge in [-0.05, 0) is 19.4 Å². The van der Waals surface area contributed by atoms with Gasteiger partial charge in [0.2, 0.25) is 0 Å². The molecule has 1 aliphatic heterocycles. The van der Waals surface area contributed by atoms with Crippen LogP contribution in [0.3, 0.4) is 0 Å². The van der Waals surface area contributed by atoms with Gasteiger partial charge in [0.05, 0.1) is 0 Å². The number of rotatable bonds is 1. The van der Waals surface area contributed by atoms with Crippen LogP contribution in [0.2, 0.25) is 0 Å². The van der Waals surface area contributed by atoms with Crippen LogP contribution in [0.4, 0.5) is 13.2 Å². The third kappa shape index (κ3) is 2.35. The van der Waals surface area contributed by atoms with Crippen molar-refractivity contribution >= 4 is 0 Å². The zero-order chi connectivity index (χ0) is 9.19. The molecule has 0 unspecified atom stereocenters. The van der Waals surface area contributed by atoms with Crippen LogP contribution in [-0.4, -0.2) is 30.5 Å². The number of halogens is 3. The fraction of sp³-hybridized carbons (Fsp3) is 1.00. The number of piperidine rings is 1. The number of nitrogens with one attached hydrogen (secondary N) is 1. The highest BCUT2D eigenvalue weighted by Crippen LogP contribution is 2.28. The van der Waals surface area contributed by atoms with E-state index in [1.54, 1.807) is 0 Å². The Morgan fingerprint density at radius 3 is 2.50 bits per heavy atom. The van der Waals surface area contributed by atoms with Crippen molar-refractivity contribution in [2.24, 2.45) is 5.92 Å². The van der Waals surface area contributed by atoms with Crippen molar-refractivity contribution in [1.82, 2.24) is 5.32 Å². The summed E-state index contributed by atoms with van der Waals surface area (Å²) in [6.45, 7) is 1.02. The maximum atomic E-state index is 12.0. The van der Waals surface area contributed by atoms with Crippen molar-refractivity contribution in [3.05, 3.63) is 0 Å². The predicted octanol–water partition coefficient (Wildman–Crippen LogP) is 0.909. The van der Waals surface area contributed by atoms with E-state index in [2.05, 4.69) is 5.32 Å².